The van der Waals surface area contributed by atoms with Crippen molar-refractivity contribution in [1.82, 2.24) is 9.80 Å². The van der Waals surface area contributed by atoms with Gasteiger partial charge in [-0.1, -0.05) is 6.07 Å². The molecule has 3 amide bonds. The number of hydrogen-bond donors (Lipinski definition) is 1. The van der Waals surface area contributed by atoms with Crippen molar-refractivity contribution in [3.05, 3.63) is 46.8 Å². The number of anilines is 1. The summed E-state index contributed by atoms with van der Waals surface area (Å²) in [5.41, 5.74) is 2.44. The Kier molecular flexibility index (Phi) is 5.52. The fourth-order valence-electron chi connectivity index (χ4n) is 4.00. The molecule has 7 heteroatoms. The first-order valence-corrected chi connectivity index (χ1v) is 10.6. The van der Waals surface area contributed by atoms with E-state index in [0.717, 1.165) is 36.6 Å². The molecule has 1 aromatic heterocycles. The first-order valence-electron chi connectivity index (χ1n) is 9.68. The highest BCUT2D eigenvalue weighted by molar-refractivity contribution is 7.14. The molecule has 0 bridgehead atoms. The zero-order valence-electron chi connectivity index (χ0n) is 16.0. The maximum atomic E-state index is 13.1. The highest BCUT2D eigenvalue weighted by atomic mass is 32.1. The number of methoxy groups -OCH3 is 1. The summed E-state index contributed by atoms with van der Waals surface area (Å²) < 4.78 is 5.30. The Morgan fingerprint density at radius 3 is 2.86 bits per heavy atom. The lowest BCUT2D eigenvalue weighted by atomic mass is 9.94. The summed E-state index contributed by atoms with van der Waals surface area (Å²) in [4.78, 5) is 29.4. The molecule has 1 atom stereocenters. The van der Waals surface area contributed by atoms with Crippen molar-refractivity contribution >= 4 is 28.3 Å². The van der Waals surface area contributed by atoms with E-state index in [0.29, 0.717) is 19.6 Å². The molecule has 2 aromatic rings. The SMILES string of the molecule is COc1ccc2c(c1)CCN(C(=O)C1CCCN(C(=O)Nc3cccs3)C1)C2. The third-order valence-electron chi connectivity index (χ3n) is 5.55. The second-order valence-corrected chi connectivity index (χ2v) is 8.28. The molecule has 1 unspecified atom stereocenters. The monoisotopic (exact) mass is 399 g/mol. The quantitative estimate of drug-likeness (QED) is 0.858. The van der Waals surface area contributed by atoms with Gasteiger partial charge >= 0.3 is 6.03 Å². The first-order chi connectivity index (χ1) is 13.6. The molecule has 2 aliphatic rings. The molecule has 0 saturated carbocycles. The van der Waals surface area contributed by atoms with Crippen molar-refractivity contribution in [2.24, 2.45) is 5.92 Å². The van der Waals surface area contributed by atoms with Gasteiger partial charge in [-0.3, -0.25) is 10.1 Å². The van der Waals surface area contributed by atoms with Crippen LogP contribution < -0.4 is 10.1 Å². The molecule has 2 aliphatic heterocycles. The van der Waals surface area contributed by atoms with Crippen LogP contribution in [0.3, 0.4) is 0 Å². The van der Waals surface area contributed by atoms with Crippen molar-refractivity contribution < 1.29 is 14.3 Å². The number of carbonyl (C=O) groups is 2. The van der Waals surface area contributed by atoms with Gasteiger partial charge in [-0.25, -0.2) is 4.79 Å². The summed E-state index contributed by atoms with van der Waals surface area (Å²) >= 11 is 1.50. The Balaban J connectivity index is 1.38. The summed E-state index contributed by atoms with van der Waals surface area (Å²) in [6, 6.07) is 9.74. The molecule has 0 spiro atoms. The number of likely N-dealkylation sites (tertiary alicyclic amines) is 1. The normalized spacial score (nSPS) is 19.1. The third kappa shape index (κ3) is 3.99. The molecule has 1 aromatic carbocycles. The molecule has 28 heavy (non-hydrogen) atoms. The fourth-order valence-corrected chi connectivity index (χ4v) is 4.61. The number of amides is 3. The van der Waals surface area contributed by atoms with Crippen LogP contribution in [0.2, 0.25) is 0 Å². The number of fused-ring (bicyclic) bond motifs is 1. The Morgan fingerprint density at radius 2 is 2.07 bits per heavy atom. The minimum absolute atomic E-state index is 0.115. The molecule has 1 N–H and O–H groups in total. The molecular weight excluding hydrogens is 374 g/mol. The van der Waals surface area contributed by atoms with Gasteiger partial charge in [-0.2, -0.15) is 0 Å². The Bertz CT molecular complexity index is 853. The van der Waals surface area contributed by atoms with Crippen LogP contribution in [-0.2, 0) is 17.8 Å². The van der Waals surface area contributed by atoms with Gasteiger partial charge in [0.15, 0.2) is 0 Å². The molecule has 3 heterocycles. The van der Waals surface area contributed by atoms with Gasteiger partial charge < -0.3 is 14.5 Å². The van der Waals surface area contributed by atoms with Crippen LogP contribution in [0.4, 0.5) is 9.80 Å². The van der Waals surface area contributed by atoms with E-state index in [9.17, 15) is 9.59 Å². The lowest BCUT2D eigenvalue weighted by molar-refractivity contribution is -0.137. The third-order valence-corrected chi connectivity index (χ3v) is 6.33. The standard InChI is InChI=1S/C21H25N3O3S/c1-27-18-7-6-16-13-23(10-8-15(16)12-18)20(25)17-4-2-9-24(14-17)21(26)22-19-5-3-11-28-19/h3,5-7,11-12,17H,2,4,8-10,13-14H2,1H3,(H,22,26). The average Bonchev–Trinajstić information content (AvgIpc) is 3.25. The lowest BCUT2D eigenvalue weighted by Crippen LogP contribution is -2.48. The van der Waals surface area contributed by atoms with Crippen LogP contribution in [0, 0.1) is 5.92 Å². The number of urea groups is 1. The second-order valence-electron chi connectivity index (χ2n) is 7.34. The van der Waals surface area contributed by atoms with Crippen molar-refractivity contribution in [3.63, 3.8) is 0 Å². The zero-order chi connectivity index (χ0) is 19.5. The minimum Gasteiger partial charge on any atom is -0.497 e. The molecular formula is C21H25N3O3S. The topological polar surface area (TPSA) is 61.9 Å². The van der Waals surface area contributed by atoms with Gasteiger partial charge in [0.2, 0.25) is 5.91 Å². The zero-order valence-corrected chi connectivity index (χ0v) is 16.8. The van der Waals surface area contributed by atoms with Gasteiger partial charge in [-0.15, -0.1) is 11.3 Å². The Morgan fingerprint density at radius 1 is 1.18 bits per heavy atom. The predicted molar refractivity (Wildman–Crippen MR) is 110 cm³/mol. The second kappa shape index (κ2) is 8.22. The van der Waals surface area contributed by atoms with Crippen molar-refractivity contribution in [2.75, 3.05) is 32.1 Å². The minimum atomic E-state index is -0.123. The molecule has 1 fully saturated rings. The summed E-state index contributed by atoms with van der Waals surface area (Å²) in [5.74, 6) is 0.899. The highest BCUT2D eigenvalue weighted by Crippen LogP contribution is 2.27. The van der Waals surface area contributed by atoms with E-state index >= 15 is 0 Å². The number of rotatable bonds is 3. The van der Waals surface area contributed by atoms with Crippen molar-refractivity contribution in [2.45, 2.75) is 25.8 Å². The average molecular weight is 400 g/mol. The number of nitrogens with one attached hydrogen (secondary N) is 1. The van der Waals surface area contributed by atoms with Crippen LogP contribution in [0.5, 0.6) is 5.75 Å². The number of nitrogens with zero attached hydrogens (tertiary/aromatic N) is 2. The van der Waals surface area contributed by atoms with E-state index in [1.54, 1.807) is 12.0 Å². The number of ether oxygens (including phenoxy) is 1. The Labute approximate surface area is 169 Å². The van der Waals surface area contributed by atoms with Gasteiger partial charge in [0.05, 0.1) is 18.0 Å². The predicted octanol–water partition coefficient (Wildman–Crippen LogP) is 3.59. The van der Waals surface area contributed by atoms with E-state index in [-0.39, 0.29) is 17.9 Å². The van der Waals surface area contributed by atoms with E-state index in [4.69, 9.17) is 4.74 Å². The smallest absolute Gasteiger partial charge is 0.322 e. The molecule has 4 rings (SSSR count). The molecule has 6 nitrogen and oxygen atoms in total. The maximum Gasteiger partial charge on any atom is 0.322 e. The van der Waals surface area contributed by atoms with Crippen molar-refractivity contribution in [1.29, 1.82) is 0 Å². The number of piperidine rings is 1. The largest absolute Gasteiger partial charge is 0.497 e. The Hall–Kier alpha value is -2.54. The summed E-state index contributed by atoms with van der Waals surface area (Å²) in [6.07, 6.45) is 2.54. The number of carbonyl (C=O) groups excluding carboxylic acids is 2. The van der Waals surface area contributed by atoms with E-state index in [1.807, 2.05) is 28.5 Å². The van der Waals surface area contributed by atoms with E-state index < -0.39 is 0 Å². The van der Waals surface area contributed by atoms with E-state index in [1.165, 1.54) is 22.5 Å². The molecule has 148 valence electrons. The number of benzene rings is 1. The van der Waals surface area contributed by atoms with Gasteiger partial charge in [0.25, 0.3) is 0 Å². The van der Waals surface area contributed by atoms with Crippen LogP contribution in [0.15, 0.2) is 35.7 Å². The van der Waals surface area contributed by atoms with Gasteiger partial charge in [-0.05, 0) is 60.0 Å². The number of hydrogen-bond acceptors (Lipinski definition) is 4. The van der Waals surface area contributed by atoms with Gasteiger partial charge in [0, 0.05) is 26.2 Å². The highest BCUT2D eigenvalue weighted by Gasteiger charge is 2.32. The molecule has 0 aliphatic carbocycles. The summed E-state index contributed by atoms with van der Waals surface area (Å²) in [6.45, 7) is 2.54. The van der Waals surface area contributed by atoms with Crippen LogP contribution in [0.1, 0.15) is 24.0 Å². The molecule has 1 saturated heterocycles. The van der Waals surface area contributed by atoms with Crippen molar-refractivity contribution in [3.8, 4) is 5.75 Å². The van der Waals surface area contributed by atoms with E-state index in [2.05, 4.69) is 17.4 Å². The lowest BCUT2D eigenvalue weighted by Gasteiger charge is -2.36. The van der Waals surface area contributed by atoms with Crippen LogP contribution in [-0.4, -0.2) is 48.5 Å². The molecule has 0 radical (unpaired) electrons. The van der Waals surface area contributed by atoms with Gasteiger partial charge in [0.1, 0.15) is 5.75 Å². The first kappa shape index (κ1) is 18.8. The van der Waals surface area contributed by atoms with Crippen LogP contribution >= 0.6 is 11.3 Å². The summed E-state index contributed by atoms with van der Waals surface area (Å²) in [5, 5.41) is 5.69. The number of thiophene rings is 1. The maximum absolute atomic E-state index is 13.1. The van der Waals surface area contributed by atoms with Crippen LogP contribution in [0.25, 0.3) is 0 Å². The fraction of sp³-hybridized carbons (Fsp3) is 0.429. The summed E-state index contributed by atoms with van der Waals surface area (Å²) in [7, 11) is 1.67.